The Labute approximate surface area is 321 Å². The minimum Gasteiger partial charge on any atom is -0.462 e. The minimum atomic E-state index is -0.867. The molecule has 9 N–H and O–H groups in total. The highest BCUT2D eigenvalue weighted by Crippen LogP contribution is 2.25. The van der Waals surface area contributed by atoms with Crippen LogP contribution in [0.15, 0.2) is 0 Å². The summed E-state index contributed by atoms with van der Waals surface area (Å²) in [6, 6.07) is 0. The van der Waals surface area contributed by atoms with Gasteiger partial charge in [-0.15, -0.1) is 0 Å². The summed E-state index contributed by atoms with van der Waals surface area (Å²) in [5.41, 5.74) is 0. The minimum absolute atomic E-state index is 0.0689. The molecule has 11 heteroatoms. The molecular weight excluding hydrogens is 680 g/mol. The summed E-state index contributed by atoms with van der Waals surface area (Å²) >= 11 is 0. The van der Waals surface area contributed by atoms with E-state index in [1.54, 1.807) is 0 Å². The molecule has 1 rings (SSSR count). The number of unbranched alkanes of at least 4 members (excludes halogenated alkanes) is 1. The van der Waals surface area contributed by atoms with Crippen LogP contribution in [0.1, 0.15) is 188 Å². The topological polar surface area (TPSA) is 208 Å². The van der Waals surface area contributed by atoms with Crippen LogP contribution in [0.2, 0.25) is 0 Å². The number of hydrogen-bond donors (Lipinski definition) is 9. The molecule has 1 saturated heterocycles. The molecule has 53 heavy (non-hydrogen) atoms. The second kappa shape index (κ2) is 30.3. The van der Waals surface area contributed by atoms with E-state index in [0.717, 1.165) is 19.3 Å². The van der Waals surface area contributed by atoms with Crippen molar-refractivity contribution < 1.29 is 55.5 Å². The number of aliphatic hydroxyl groups excluding tert-OH is 9. The van der Waals surface area contributed by atoms with E-state index in [0.29, 0.717) is 128 Å². The van der Waals surface area contributed by atoms with E-state index in [4.69, 9.17) is 4.74 Å². The molecule has 0 aliphatic carbocycles. The second-order valence-electron chi connectivity index (χ2n) is 16.9. The van der Waals surface area contributed by atoms with Crippen molar-refractivity contribution in [2.75, 3.05) is 0 Å². The molecule has 1 heterocycles. The van der Waals surface area contributed by atoms with E-state index in [2.05, 4.69) is 6.92 Å². The van der Waals surface area contributed by atoms with E-state index in [-0.39, 0.29) is 37.1 Å². The Morgan fingerprint density at radius 3 is 1.19 bits per heavy atom. The van der Waals surface area contributed by atoms with Gasteiger partial charge in [0.15, 0.2) is 0 Å². The third kappa shape index (κ3) is 27.4. The maximum absolute atomic E-state index is 13.0. The zero-order valence-corrected chi connectivity index (χ0v) is 33.7. The van der Waals surface area contributed by atoms with Gasteiger partial charge in [-0.1, -0.05) is 33.6 Å². The maximum atomic E-state index is 13.0. The van der Waals surface area contributed by atoms with Gasteiger partial charge >= 0.3 is 5.97 Å². The molecule has 9 unspecified atom stereocenters. The van der Waals surface area contributed by atoms with Crippen molar-refractivity contribution in [2.45, 2.75) is 249 Å². The summed E-state index contributed by atoms with van der Waals surface area (Å²) in [4.78, 5) is 13.0. The summed E-state index contributed by atoms with van der Waals surface area (Å²) < 4.78 is 5.94. The van der Waals surface area contributed by atoms with E-state index < -0.39 is 61.0 Å². The Hall–Kier alpha value is -0.890. The molecule has 0 aromatic rings. The Kier molecular flexibility index (Phi) is 28.6. The van der Waals surface area contributed by atoms with Crippen LogP contribution in [0.5, 0.6) is 0 Å². The van der Waals surface area contributed by atoms with Crippen LogP contribution in [0, 0.1) is 11.8 Å². The first-order valence-electron chi connectivity index (χ1n) is 21.5. The molecule has 0 saturated carbocycles. The zero-order valence-electron chi connectivity index (χ0n) is 33.7. The molecule has 0 bridgehead atoms. The number of rotatable bonds is 4. The fourth-order valence-corrected chi connectivity index (χ4v) is 7.73. The lowest BCUT2D eigenvalue weighted by Crippen LogP contribution is -2.30. The van der Waals surface area contributed by atoms with E-state index in [1.165, 1.54) is 0 Å². The number of carbonyl (C=O) groups is 1. The van der Waals surface area contributed by atoms with E-state index >= 15 is 0 Å². The summed E-state index contributed by atoms with van der Waals surface area (Å²) in [6.45, 7) is 6.06. The maximum Gasteiger partial charge on any atom is 0.306 e. The third-order valence-electron chi connectivity index (χ3n) is 11.2. The number of carbonyl (C=O) groups excluding carboxylic acids is 1. The van der Waals surface area contributed by atoms with Crippen molar-refractivity contribution >= 4 is 5.97 Å². The summed E-state index contributed by atoms with van der Waals surface area (Å²) in [5.74, 6) is -0.367. The van der Waals surface area contributed by atoms with Crippen LogP contribution < -0.4 is 0 Å². The van der Waals surface area contributed by atoms with Crippen LogP contribution in [0.3, 0.4) is 0 Å². The van der Waals surface area contributed by atoms with Crippen molar-refractivity contribution in [1.29, 1.82) is 0 Å². The van der Waals surface area contributed by atoms with Crippen molar-refractivity contribution in [1.82, 2.24) is 0 Å². The van der Waals surface area contributed by atoms with Crippen molar-refractivity contribution in [2.24, 2.45) is 11.8 Å². The van der Waals surface area contributed by atoms with Crippen molar-refractivity contribution in [3.63, 3.8) is 0 Å². The van der Waals surface area contributed by atoms with Gasteiger partial charge in [-0.05, 0) is 153 Å². The Bertz CT molecular complexity index is 878. The number of ether oxygens (including phenoxy) is 1. The van der Waals surface area contributed by atoms with Crippen LogP contribution in [0.4, 0.5) is 0 Å². The van der Waals surface area contributed by atoms with Gasteiger partial charge in [0.05, 0.1) is 54.9 Å². The molecule has 1 aliphatic heterocycles. The van der Waals surface area contributed by atoms with Crippen molar-refractivity contribution in [3.8, 4) is 0 Å². The lowest BCUT2D eigenvalue weighted by atomic mass is 9.91. The largest absolute Gasteiger partial charge is 0.462 e. The monoisotopic (exact) mass is 763 g/mol. The average Bonchev–Trinajstić information content (AvgIpc) is 3.06. The first-order valence-corrected chi connectivity index (χ1v) is 21.5. The molecule has 1 aliphatic rings. The Balaban J connectivity index is 2.75. The van der Waals surface area contributed by atoms with Gasteiger partial charge < -0.3 is 50.7 Å². The van der Waals surface area contributed by atoms with E-state index in [1.807, 2.05) is 13.8 Å². The predicted octanol–water partition coefficient (Wildman–Crippen LogP) is 5.59. The summed E-state index contributed by atoms with van der Waals surface area (Å²) in [5, 5.41) is 94.4. The average molecular weight is 763 g/mol. The van der Waals surface area contributed by atoms with Gasteiger partial charge in [-0.2, -0.15) is 0 Å². The summed E-state index contributed by atoms with van der Waals surface area (Å²) in [6.07, 6.45) is 8.12. The predicted molar refractivity (Wildman–Crippen MR) is 208 cm³/mol. The highest BCUT2D eigenvalue weighted by molar-refractivity contribution is 5.69. The van der Waals surface area contributed by atoms with Crippen LogP contribution >= 0.6 is 0 Å². The normalized spacial score (nSPS) is 36.2. The number of aliphatic hydroxyl groups is 9. The van der Waals surface area contributed by atoms with Gasteiger partial charge in [-0.25, -0.2) is 0 Å². The first kappa shape index (κ1) is 50.1. The SMILES string of the molecule is CCCCC(C)C1C[C@@H](O)CCC[C@H](O)CC(O)C[C@@H](O)CCCC(O)CCCC(O)CCCC(O)CCCC(O)CCCC(O)CC(C)CC(=O)O1. The number of esters is 1. The number of cyclic esters (lactones) is 1. The fourth-order valence-electron chi connectivity index (χ4n) is 7.73. The molecule has 0 spiro atoms. The highest BCUT2D eigenvalue weighted by Gasteiger charge is 2.26. The van der Waals surface area contributed by atoms with Gasteiger partial charge in [0.25, 0.3) is 0 Å². The molecule has 0 amide bonds. The van der Waals surface area contributed by atoms with Gasteiger partial charge in [0.2, 0.25) is 0 Å². The molecule has 1 fully saturated rings. The standard InChI is InChI=1S/C42H82O11/c1-4-5-12-31(3)41-29-39(50)24-11-23-38(49)28-40(51)27-37(48)22-10-20-35(46)18-8-16-33(44)14-6-13-32(43)15-7-17-34(45)19-9-21-36(47)25-30(2)26-42(52)53-41/h30-41,43-51H,4-29H2,1-3H3/t30?,31?,32?,33?,34?,35?,36?,37-,38-,39-,40?,41?/m0/s1. The lowest BCUT2D eigenvalue weighted by Gasteiger charge is -2.27. The molecule has 11 nitrogen and oxygen atoms in total. The fraction of sp³-hybridized carbons (Fsp3) is 0.976. The Morgan fingerprint density at radius 2 is 0.830 bits per heavy atom. The zero-order chi connectivity index (χ0) is 39.6. The van der Waals surface area contributed by atoms with Crippen LogP contribution in [0.25, 0.3) is 0 Å². The number of hydrogen-bond acceptors (Lipinski definition) is 11. The van der Waals surface area contributed by atoms with Crippen LogP contribution in [-0.2, 0) is 9.53 Å². The summed E-state index contributed by atoms with van der Waals surface area (Å²) in [7, 11) is 0. The molecule has 0 radical (unpaired) electrons. The van der Waals surface area contributed by atoms with Gasteiger partial charge in [0, 0.05) is 12.8 Å². The molecule has 0 aromatic carbocycles. The molecular formula is C42H82O11. The molecule has 12 atom stereocenters. The van der Waals surface area contributed by atoms with Crippen molar-refractivity contribution in [3.05, 3.63) is 0 Å². The second-order valence-corrected chi connectivity index (χ2v) is 16.9. The quantitative estimate of drug-likeness (QED) is 0.161. The molecule has 316 valence electrons. The van der Waals surface area contributed by atoms with Gasteiger partial charge in [0.1, 0.15) is 6.10 Å². The first-order chi connectivity index (χ1) is 25.2. The molecule has 0 aromatic heterocycles. The van der Waals surface area contributed by atoms with E-state index in [9.17, 15) is 50.8 Å². The van der Waals surface area contributed by atoms with Gasteiger partial charge in [-0.3, -0.25) is 4.79 Å². The smallest absolute Gasteiger partial charge is 0.306 e. The highest BCUT2D eigenvalue weighted by atomic mass is 16.5. The third-order valence-corrected chi connectivity index (χ3v) is 11.2. The Morgan fingerprint density at radius 1 is 0.509 bits per heavy atom. The van der Waals surface area contributed by atoms with Crippen LogP contribution in [-0.4, -0.2) is 113 Å². The lowest BCUT2D eigenvalue weighted by molar-refractivity contribution is -0.154.